The van der Waals surface area contributed by atoms with E-state index in [4.69, 9.17) is 27.3 Å². The lowest BCUT2D eigenvalue weighted by Gasteiger charge is -2.36. The van der Waals surface area contributed by atoms with Gasteiger partial charge in [-0.2, -0.15) is 13.2 Å². The number of hydrogen-bond donors (Lipinski definition) is 3. The van der Waals surface area contributed by atoms with Crippen molar-refractivity contribution < 1.29 is 27.1 Å². The fraction of sp³-hybridized carbons (Fsp3) is 0.250. The molecule has 4 radical (unpaired) electrons. The molecule has 5 nitrogen and oxygen atoms in total. The van der Waals surface area contributed by atoms with Crippen LogP contribution in [0.5, 0.6) is 0 Å². The monoisotopic (exact) mass is 636 g/mol. The summed E-state index contributed by atoms with van der Waals surface area (Å²) in [5.41, 5.74) is 1.93. The molecule has 230 valence electrons. The Labute approximate surface area is 265 Å². The maximum absolute atomic E-state index is 14.1. The van der Waals surface area contributed by atoms with Crippen LogP contribution in [-0.4, -0.2) is 39.9 Å². The van der Waals surface area contributed by atoms with Gasteiger partial charge in [0.1, 0.15) is 33.1 Å². The zero-order chi connectivity index (χ0) is 33.0. The van der Waals surface area contributed by atoms with Gasteiger partial charge in [-0.05, 0) is 66.8 Å². The molecular formula is C32H28B2ClF5N4O. The zero-order valence-electron chi connectivity index (χ0n) is 24.3. The largest absolute Gasteiger partial charge is 0.416 e. The van der Waals surface area contributed by atoms with E-state index in [0.29, 0.717) is 39.8 Å². The van der Waals surface area contributed by atoms with Crippen LogP contribution in [0.4, 0.5) is 39.0 Å². The summed E-state index contributed by atoms with van der Waals surface area (Å²) < 4.78 is 63.0. The Morgan fingerprint density at radius 2 is 1.78 bits per heavy atom. The highest BCUT2D eigenvalue weighted by Crippen LogP contribution is 2.56. The van der Waals surface area contributed by atoms with Crippen molar-refractivity contribution in [3.05, 3.63) is 112 Å². The molecule has 3 N–H and O–H groups in total. The molecule has 1 unspecified atom stereocenters. The second-order valence-corrected chi connectivity index (χ2v) is 11.5. The highest BCUT2D eigenvalue weighted by atomic mass is 35.5. The first-order valence-electron chi connectivity index (χ1n) is 13.9. The predicted molar refractivity (Wildman–Crippen MR) is 171 cm³/mol. The molecule has 1 aliphatic carbocycles. The average molecular weight is 637 g/mol. The van der Waals surface area contributed by atoms with Crippen molar-refractivity contribution in [1.29, 1.82) is 0 Å². The molecule has 2 heterocycles. The minimum absolute atomic E-state index is 0.118. The molecule has 3 aromatic carbocycles. The number of alkyl halides is 3. The van der Waals surface area contributed by atoms with E-state index in [2.05, 4.69) is 30.4 Å². The molecule has 3 aliphatic rings. The van der Waals surface area contributed by atoms with E-state index < -0.39 is 29.1 Å². The highest BCUT2D eigenvalue weighted by Gasteiger charge is 2.45. The minimum Gasteiger partial charge on any atom is -0.389 e. The molecule has 13 heteroatoms. The lowest BCUT2D eigenvalue weighted by molar-refractivity contribution is -0.137. The van der Waals surface area contributed by atoms with Gasteiger partial charge in [0, 0.05) is 46.7 Å². The molecule has 0 aromatic heterocycles. The molecular weight excluding hydrogens is 608 g/mol. The molecule has 2 aliphatic heterocycles. The summed E-state index contributed by atoms with van der Waals surface area (Å²) in [5.74, 6) is -0.254. The molecule has 0 saturated heterocycles. The van der Waals surface area contributed by atoms with Crippen molar-refractivity contribution in [3.63, 3.8) is 0 Å². The molecule has 0 bridgehead atoms. The molecule has 6 rings (SSSR count). The van der Waals surface area contributed by atoms with Crippen molar-refractivity contribution in [1.82, 2.24) is 5.32 Å². The van der Waals surface area contributed by atoms with Crippen LogP contribution in [0.25, 0.3) is 11.8 Å². The number of anilines is 3. The van der Waals surface area contributed by atoms with Gasteiger partial charge in [-0.1, -0.05) is 37.4 Å². The van der Waals surface area contributed by atoms with Gasteiger partial charge in [0.25, 0.3) is 0 Å². The fourth-order valence-corrected chi connectivity index (χ4v) is 5.86. The molecule has 1 atom stereocenters. The van der Waals surface area contributed by atoms with Gasteiger partial charge in [0.2, 0.25) is 0 Å². The lowest BCUT2D eigenvalue weighted by atomic mass is 9.71. The SMILES string of the molecule is C=Cc1cc(F)cc(C(F)(F)F)c1.[B]C([B])(O)N1C(=C)N(CC2CC2)c2cc(NC)c3c(c21)C(=C)NC3c1cc(F)ccc1Cl. The molecule has 1 saturated carbocycles. The molecule has 0 amide bonds. The van der Waals surface area contributed by atoms with Crippen LogP contribution >= 0.6 is 11.6 Å². The Morgan fingerprint density at radius 1 is 1.09 bits per heavy atom. The second-order valence-electron chi connectivity index (χ2n) is 11.1. The van der Waals surface area contributed by atoms with Crippen molar-refractivity contribution >= 4 is 56.1 Å². The number of benzene rings is 3. The summed E-state index contributed by atoms with van der Waals surface area (Å²) in [6, 6.07) is 8.07. The van der Waals surface area contributed by atoms with Crippen molar-refractivity contribution in [2.45, 2.75) is 30.6 Å². The van der Waals surface area contributed by atoms with Crippen LogP contribution in [0, 0.1) is 17.6 Å². The van der Waals surface area contributed by atoms with Crippen LogP contribution in [0.1, 0.15) is 46.7 Å². The third-order valence-electron chi connectivity index (χ3n) is 7.83. The number of rotatable bonds is 6. The highest BCUT2D eigenvalue weighted by molar-refractivity contribution is 6.41. The van der Waals surface area contributed by atoms with E-state index >= 15 is 0 Å². The van der Waals surface area contributed by atoms with E-state index in [-0.39, 0.29) is 11.4 Å². The van der Waals surface area contributed by atoms with Gasteiger partial charge in [-0.25, -0.2) is 8.78 Å². The minimum atomic E-state index is -4.51. The van der Waals surface area contributed by atoms with Crippen LogP contribution in [0.2, 0.25) is 5.02 Å². The number of fused-ring (bicyclic) bond motifs is 3. The van der Waals surface area contributed by atoms with Gasteiger partial charge in [-0.3, -0.25) is 0 Å². The van der Waals surface area contributed by atoms with Gasteiger partial charge in [-0.15, -0.1) is 0 Å². The molecule has 45 heavy (non-hydrogen) atoms. The Bertz CT molecular complexity index is 1700. The van der Waals surface area contributed by atoms with Crippen molar-refractivity contribution in [2.75, 3.05) is 28.7 Å². The van der Waals surface area contributed by atoms with Gasteiger partial charge < -0.3 is 25.5 Å². The van der Waals surface area contributed by atoms with Gasteiger partial charge in [0.15, 0.2) is 0 Å². The van der Waals surface area contributed by atoms with E-state index in [9.17, 15) is 27.1 Å². The van der Waals surface area contributed by atoms with Crippen LogP contribution in [0.3, 0.4) is 0 Å². The maximum Gasteiger partial charge on any atom is 0.416 e. The van der Waals surface area contributed by atoms with Crippen molar-refractivity contribution in [3.8, 4) is 0 Å². The number of halogens is 6. The van der Waals surface area contributed by atoms with E-state index in [0.717, 1.165) is 54.0 Å². The first kappa shape index (κ1) is 32.5. The molecule has 3 aromatic rings. The van der Waals surface area contributed by atoms with E-state index in [1.54, 1.807) is 0 Å². The van der Waals surface area contributed by atoms with Crippen LogP contribution in [-0.2, 0) is 6.18 Å². The van der Waals surface area contributed by atoms with Crippen molar-refractivity contribution in [2.24, 2.45) is 5.92 Å². The first-order chi connectivity index (χ1) is 21.0. The number of hydrogen-bond acceptors (Lipinski definition) is 5. The lowest BCUT2D eigenvalue weighted by Crippen LogP contribution is -2.50. The fourth-order valence-electron chi connectivity index (χ4n) is 5.64. The van der Waals surface area contributed by atoms with Crippen LogP contribution < -0.4 is 20.4 Å². The molecule has 1 fully saturated rings. The van der Waals surface area contributed by atoms with Gasteiger partial charge in [0.05, 0.1) is 28.5 Å². The Hall–Kier alpha value is -3.89. The second kappa shape index (κ2) is 11.8. The number of aliphatic hydroxyl groups is 1. The summed E-state index contributed by atoms with van der Waals surface area (Å²) in [7, 11) is 13.8. The smallest absolute Gasteiger partial charge is 0.389 e. The Kier molecular flexibility index (Phi) is 8.52. The summed E-state index contributed by atoms with van der Waals surface area (Å²) in [5, 5.41) is 17.7. The Morgan fingerprint density at radius 3 is 2.36 bits per heavy atom. The summed E-state index contributed by atoms with van der Waals surface area (Å²) in [6.45, 7) is 12.4. The third kappa shape index (κ3) is 6.31. The number of nitrogens with one attached hydrogen (secondary N) is 2. The topological polar surface area (TPSA) is 50.8 Å². The predicted octanol–water partition coefficient (Wildman–Crippen LogP) is 7.12. The molecule has 0 spiro atoms. The maximum atomic E-state index is 14.1. The Balaban J connectivity index is 0.000000259. The third-order valence-corrected chi connectivity index (χ3v) is 8.17. The normalized spacial score (nSPS) is 17.4. The van der Waals surface area contributed by atoms with E-state index in [1.165, 1.54) is 29.2 Å². The zero-order valence-corrected chi connectivity index (χ0v) is 25.0. The average Bonchev–Trinajstić information content (AvgIpc) is 3.65. The van der Waals surface area contributed by atoms with Crippen LogP contribution in [0.15, 0.2) is 68.0 Å². The van der Waals surface area contributed by atoms with Gasteiger partial charge >= 0.3 is 6.18 Å². The summed E-state index contributed by atoms with van der Waals surface area (Å²) in [6.07, 6.45) is -1.06. The standard InChI is InChI=1S/C23H22B2ClFN4O.C9H6F4/c1-11-19-20(21(29-11)15-8-14(27)6-7-16(15)26)17(28-3)9-18-22(19)31(23(24,25)32)12(2)30(18)10-13-4-5-13;1-2-6-3-7(9(11,12)13)5-8(10)4-6/h6-9,13,21,28-29,32H,1-2,4-5,10H2,3H3;2-5H,1H2. The quantitative estimate of drug-likeness (QED) is 0.199. The first-order valence-corrected chi connectivity index (χ1v) is 14.3. The number of nitrogens with zero attached hydrogens (tertiary/aromatic N) is 2. The van der Waals surface area contributed by atoms with E-state index in [1.807, 2.05) is 18.0 Å². The summed E-state index contributed by atoms with van der Waals surface area (Å²) >= 11 is 6.45. The summed E-state index contributed by atoms with van der Waals surface area (Å²) in [4.78, 5) is 3.47.